The van der Waals surface area contributed by atoms with E-state index in [2.05, 4.69) is 35.4 Å². The van der Waals surface area contributed by atoms with Crippen LogP contribution < -0.4 is 5.32 Å². The molecule has 1 aliphatic carbocycles. The number of aryl methyl sites for hydroxylation is 1. The van der Waals surface area contributed by atoms with Gasteiger partial charge in [0.1, 0.15) is 0 Å². The SMILES string of the molecule is Cn1cc(CCN2CC(C)(C)NCC23CCCCC3)cn1. The van der Waals surface area contributed by atoms with Crippen molar-refractivity contribution >= 4 is 0 Å². The van der Waals surface area contributed by atoms with Crippen molar-refractivity contribution in [2.45, 2.75) is 63.5 Å². The number of nitrogens with zero attached hydrogens (tertiary/aromatic N) is 3. The summed E-state index contributed by atoms with van der Waals surface area (Å²) in [6.07, 6.45) is 12.2. The first-order valence-electron chi connectivity index (χ1n) is 8.47. The third kappa shape index (κ3) is 3.32. The van der Waals surface area contributed by atoms with Crippen molar-refractivity contribution in [1.29, 1.82) is 0 Å². The Balaban J connectivity index is 1.70. The highest BCUT2D eigenvalue weighted by atomic mass is 15.3. The Kier molecular flexibility index (Phi) is 4.10. The molecule has 118 valence electrons. The fourth-order valence-electron chi connectivity index (χ4n) is 4.10. The molecule has 4 nitrogen and oxygen atoms in total. The first-order valence-corrected chi connectivity index (χ1v) is 8.47. The maximum absolute atomic E-state index is 4.30. The van der Waals surface area contributed by atoms with Gasteiger partial charge in [-0.05, 0) is 38.7 Å². The molecule has 1 aromatic rings. The lowest BCUT2D eigenvalue weighted by molar-refractivity contribution is -0.00900. The second kappa shape index (κ2) is 5.73. The molecule has 2 fully saturated rings. The summed E-state index contributed by atoms with van der Waals surface area (Å²) in [6, 6.07) is 0. The second-order valence-electron chi connectivity index (χ2n) is 7.72. The van der Waals surface area contributed by atoms with E-state index in [-0.39, 0.29) is 5.54 Å². The molecule has 3 rings (SSSR count). The van der Waals surface area contributed by atoms with Gasteiger partial charge >= 0.3 is 0 Å². The number of piperazine rings is 1. The zero-order valence-corrected chi connectivity index (χ0v) is 13.9. The second-order valence-corrected chi connectivity index (χ2v) is 7.72. The Labute approximate surface area is 128 Å². The van der Waals surface area contributed by atoms with E-state index in [9.17, 15) is 0 Å². The summed E-state index contributed by atoms with van der Waals surface area (Å²) in [5.74, 6) is 0. The standard InChI is InChI=1S/C17H30N4/c1-16(2)14-21(10-7-15-11-19-20(3)12-15)17(13-18-16)8-5-4-6-9-17/h11-12,18H,4-10,13-14H2,1-3H3. The monoisotopic (exact) mass is 290 g/mol. The molecule has 0 bridgehead atoms. The van der Waals surface area contributed by atoms with Gasteiger partial charge in [0.25, 0.3) is 0 Å². The predicted octanol–water partition coefficient (Wildman–Crippen LogP) is 2.35. The smallest absolute Gasteiger partial charge is 0.0522 e. The van der Waals surface area contributed by atoms with Crippen molar-refractivity contribution in [2.75, 3.05) is 19.6 Å². The van der Waals surface area contributed by atoms with Crippen LogP contribution in [-0.4, -0.2) is 45.4 Å². The molecule has 0 amide bonds. The van der Waals surface area contributed by atoms with Crippen LogP contribution in [0.15, 0.2) is 12.4 Å². The van der Waals surface area contributed by atoms with Crippen molar-refractivity contribution in [3.63, 3.8) is 0 Å². The molecule has 1 aliphatic heterocycles. The van der Waals surface area contributed by atoms with E-state index < -0.39 is 0 Å². The highest BCUT2D eigenvalue weighted by Crippen LogP contribution is 2.37. The van der Waals surface area contributed by atoms with Crippen LogP contribution in [-0.2, 0) is 13.5 Å². The van der Waals surface area contributed by atoms with Crippen LogP contribution >= 0.6 is 0 Å². The van der Waals surface area contributed by atoms with Gasteiger partial charge in [-0.25, -0.2) is 0 Å². The Bertz CT molecular complexity index is 471. The van der Waals surface area contributed by atoms with Crippen LogP contribution in [0.2, 0.25) is 0 Å². The van der Waals surface area contributed by atoms with Crippen LogP contribution in [0, 0.1) is 0 Å². The van der Waals surface area contributed by atoms with E-state index in [0.29, 0.717) is 5.54 Å². The Morgan fingerprint density at radius 2 is 2.00 bits per heavy atom. The van der Waals surface area contributed by atoms with E-state index >= 15 is 0 Å². The molecule has 21 heavy (non-hydrogen) atoms. The van der Waals surface area contributed by atoms with Crippen LogP contribution in [0.25, 0.3) is 0 Å². The van der Waals surface area contributed by atoms with Gasteiger partial charge in [0, 0.05) is 44.0 Å². The lowest BCUT2D eigenvalue weighted by atomic mass is 9.77. The van der Waals surface area contributed by atoms with Crippen LogP contribution in [0.1, 0.15) is 51.5 Å². The van der Waals surface area contributed by atoms with Crippen LogP contribution in [0.5, 0.6) is 0 Å². The first kappa shape index (κ1) is 15.0. The fourth-order valence-corrected chi connectivity index (χ4v) is 4.10. The molecule has 1 aromatic heterocycles. The zero-order chi connectivity index (χ0) is 14.9. The molecule has 2 aliphatic rings. The van der Waals surface area contributed by atoms with Crippen molar-refractivity contribution in [3.8, 4) is 0 Å². The van der Waals surface area contributed by atoms with Gasteiger partial charge in [-0.1, -0.05) is 19.3 Å². The average molecular weight is 290 g/mol. The Morgan fingerprint density at radius 3 is 2.67 bits per heavy atom. The quantitative estimate of drug-likeness (QED) is 0.927. The molecule has 4 heteroatoms. The highest BCUT2D eigenvalue weighted by molar-refractivity contribution is 5.07. The third-order valence-corrected chi connectivity index (χ3v) is 5.37. The lowest BCUT2D eigenvalue weighted by Crippen LogP contribution is -2.68. The summed E-state index contributed by atoms with van der Waals surface area (Å²) in [7, 11) is 2.00. The largest absolute Gasteiger partial charge is 0.309 e. The lowest BCUT2D eigenvalue weighted by Gasteiger charge is -2.54. The number of hydrogen-bond acceptors (Lipinski definition) is 3. The topological polar surface area (TPSA) is 33.1 Å². The van der Waals surface area contributed by atoms with E-state index in [1.807, 2.05) is 17.9 Å². The van der Waals surface area contributed by atoms with Gasteiger partial charge in [-0.3, -0.25) is 9.58 Å². The minimum Gasteiger partial charge on any atom is -0.309 e. The fraction of sp³-hybridized carbons (Fsp3) is 0.824. The van der Waals surface area contributed by atoms with Crippen molar-refractivity contribution in [2.24, 2.45) is 7.05 Å². The van der Waals surface area contributed by atoms with E-state index in [1.54, 1.807) is 0 Å². The maximum atomic E-state index is 4.30. The Morgan fingerprint density at radius 1 is 1.24 bits per heavy atom. The molecule has 2 heterocycles. The molecular weight excluding hydrogens is 260 g/mol. The van der Waals surface area contributed by atoms with E-state index in [1.165, 1.54) is 37.7 Å². The minimum absolute atomic E-state index is 0.234. The van der Waals surface area contributed by atoms with Gasteiger partial charge in [-0.15, -0.1) is 0 Å². The maximum Gasteiger partial charge on any atom is 0.0522 e. The van der Waals surface area contributed by atoms with Gasteiger partial charge in [0.2, 0.25) is 0 Å². The van der Waals surface area contributed by atoms with Gasteiger partial charge in [-0.2, -0.15) is 5.10 Å². The number of rotatable bonds is 3. The average Bonchev–Trinajstić information content (AvgIpc) is 2.87. The molecule has 1 spiro atoms. The number of nitrogens with one attached hydrogen (secondary N) is 1. The summed E-state index contributed by atoms with van der Waals surface area (Å²) in [5.41, 5.74) is 2.01. The summed E-state index contributed by atoms with van der Waals surface area (Å²) < 4.78 is 1.91. The van der Waals surface area contributed by atoms with Crippen LogP contribution in [0.3, 0.4) is 0 Å². The van der Waals surface area contributed by atoms with Crippen molar-refractivity contribution < 1.29 is 0 Å². The molecule has 0 atom stereocenters. The molecule has 0 unspecified atom stereocenters. The molecule has 1 saturated heterocycles. The van der Waals surface area contributed by atoms with Crippen LogP contribution in [0.4, 0.5) is 0 Å². The first-order chi connectivity index (χ1) is 9.99. The molecular formula is C17H30N4. The van der Waals surface area contributed by atoms with Crippen molar-refractivity contribution in [3.05, 3.63) is 18.0 Å². The normalized spacial score (nSPS) is 25.3. The van der Waals surface area contributed by atoms with Gasteiger partial charge < -0.3 is 5.32 Å². The summed E-state index contributed by atoms with van der Waals surface area (Å²) in [4.78, 5) is 2.79. The number of hydrogen-bond donors (Lipinski definition) is 1. The van der Waals surface area contributed by atoms with Gasteiger partial charge in [0.15, 0.2) is 0 Å². The van der Waals surface area contributed by atoms with Gasteiger partial charge in [0.05, 0.1) is 6.20 Å². The van der Waals surface area contributed by atoms with E-state index in [0.717, 1.165) is 26.1 Å². The molecule has 1 N–H and O–H groups in total. The number of aromatic nitrogens is 2. The van der Waals surface area contributed by atoms with E-state index in [4.69, 9.17) is 0 Å². The summed E-state index contributed by atoms with van der Waals surface area (Å²) in [5, 5.41) is 8.09. The van der Waals surface area contributed by atoms with Crippen molar-refractivity contribution in [1.82, 2.24) is 20.0 Å². The molecule has 1 saturated carbocycles. The summed E-state index contributed by atoms with van der Waals surface area (Å²) in [6.45, 7) is 8.15. The predicted molar refractivity (Wildman–Crippen MR) is 86.4 cm³/mol. The zero-order valence-electron chi connectivity index (χ0n) is 13.9. The highest BCUT2D eigenvalue weighted by Gasteiger charge is 2.44. The summed E-state index contributed by atoms with van der Waals surface area (Å²) >= 11 is 0. The molecule has 0 radical (unpaired) electrons. The molecule has 0 aromatic carbocycles. The minimum atomic E-state index is 0.234. The Hall–Kier alpha value is -0.870. The third-order valence-electron chi connectivity index (χ3n) is 5.37.